The van der Waals surface area contributed by atoms with Crippen molar-refractivity contribution < 1.29 is 4.39 Å². The van der Waals surface area contributed by atoms with Crippen LogP contribution in [0, 0.1) is 24.6 Å². The van der Waals surface area contributed by atoms with E-state index in [4.69, 9.17) is 4.98 Å². The van der Waals surface area contributed by atoms with Gasteiger partial charge in [-0.2, -0.15) is 0 Å². The number of pyridine rings is 1. The molecule has 2 aliphatic heterocycles. The molecule has 1 aromatic heterocycles. The van der Waals surface area contributed by atoms with E-state index < -0.39 is 0 Å². The summed E-state index contributed by atoms with van der Waals surface area (Å²) in [6.07, 6.45) is 9.67. The van der Waals surface area contributed by atoms with Gasteiger partial charge < -0.3 is 4.90 Å². The molecule has 2 aromatic rings. The van der Waals surface area contributed by atoms with Crippen molar-refractivity contribution in [1.82, 2.24) is 9.88 Å². The second-order valence-electron chi connectivity index (χ2n) is 9.92. The van der Waals surface area contributed by atoms with Crippen LogP contribution in [0.5, 0.6) is 0 Å². The Labute approximate surface area is 192 Å². The number of aryl methyl sites for hydroxylation is 2. The van der Waals surface area contributed by atoms with Crippen LogP contribution in [-0.4, -0.2) is 28.9 Å². The molecule has 0 bridgehead atoms. The fraction of sp³-hybridized carbons (Fsp3) is 0.429. The first kappa shape index (κ1) is 21.6. The number of fused-ring (bicyclic) bond motifs is 2. The molecule has 1 unspecified atom stereocenters. The lowest BCUT2D eigenvalue weighted by Crippen LogP contribution is -2.15. The lowest BCUT2D eigenvalue weighted by atomic mass is 9.84. The summed E-state index contributed by atoms with van der Waals surface area (Å²) in [4.78, 5) is 7.42. The molecule has 3 heterocycles. The van der Waals surface area contributed by atoms with Gasteiger partial charge in [0, 0.05) is 42.7 Å². The van der Waals surface area contributed by atoms with Gasteiger partial charge in [-0.25, -0.2) is 9.37 Å². The first-order valence-electron chi connectivity index (χ1n) is 11.8. The van der Waals surface area contributed by atoms with E-state index in [1.807, 2.05) is 13.0 Å². The highest BCUT2D eigenvalue weighted by atomic mass is 31.1. The highest BCUT2D eigenvalue weighted by molar-refractivity contribution is 7.39. The summed E-state index contributed by atoms with van der Waals surface area (Å²) in [5.74, 6) is 3.40. The SMILES string of the molecule is C=CC1=C(/C=C2/c3nc4cc(F)c(C)c5c4c(c3CN2C)CCC5)C(CC(C)C)C=PC1. The molecule has 1 aromatic carbocycles. The van der Waals surface area contributed by atoms with Crippen LogP contribution in [0.25, 0.3) is 16.6 Å². The van der Waals surface area contributed by atoms with Crippen LogP contribution in [0.3, 0.4) is 0 Å². The number of allylic oxidation sites excluding steroid dienone is 4. The number of hydrogen-bond donors (Lipinski definition) is 0. The largest absolute Gasteiger partial charge is 0.368 e. The molecule has 0 fully saturated rings. The van der Waals surface area contributed by atoms with Crippen molar-refractivity contribution in [3.8, 4) is 0 Å². The van der Waals surface area contributed by atoms with Gasteiger partial charge in [0.2, 0.25) is 0 Å². The van der Waals surface area contributed by atoms with Crippen LogP contribution in [-0.2, 0) is 19.4 Å². The highest BCUT2D eigenvalue weighted by Gasteiger charge is 2.31. The number of hydrogen-bond acceptors (Lipinski definition) is 2. The molecule has 0 saturated carbocycles. The standard InChI is InChI=1S/C28H32FN2P/c1-6-18-14-32-15-19(10-16(2)3)22(18)11-26-28-23(13-31(26)5)21-9-7-8-20-17(4)24(29)12-25(30-28)27(20)21/h6,11-12,15-16,19H,1,7-10,13-14H2,2-5H3/b26-11-. The van der Waals surface area contributed by atoms with Crippen molar-refractivity contribution in [1.29, 1.82) is 0 Å². The van der Waals surface area contributed by atoms with E-state index in [-0.39, 0.29) is 5.82 Å². The predicted molar refractivity (Wildman–Crippen MR) is 136 cm³/mol. The smallest absolute Gasteiger partial charge is 0.128 e. The van der Waals surface area contributed by atoms with Gasteiger partial charge in [-0.05, 0) is 72.4 Å². The minimum absolute atomic E-state index is 0.126. The molecule has 0 amide bonds. The van der Waals surface area contributed by atoms with E-state index in [0.29, 0.717) is 11.8 Å². The first-order chi connectivity index (χ1) is 15.4. The second kappa shape index (κ2) is 8.27. The summed E-state index contributed by atoms with van der Waals surface area (Å²) in [7, 11) is 3.54. The average molecular weight is 447 g/mol. The van der Waals surface area contributed by atoms with Gasteiger partial charge in [0.25, 0.3) is 0 Å². The molecule has 1 atom stereocenters. The number of halogens is 1. The van der Waals surface area contributed by atoms with Crippen LogP contribution in [0.1, 0.15) is 54.6 Å². The molecule has 0 N–H and O–H groups in total. The van der Waals surface area contributed by atoms with E-state index in [9.17, 15) is 4.39 Å². The summed E-state index contributed by atoms with van der Waals surface area (Å²) in [5.41, 5.74) is 10.5. The Morgan fingerprint density at radius 3 is 2.81 bits per heavy atom. The van der Waals surface area contributed by atoms with Gasteiger partial charge in [-0.3, -0.25) is 0 Å². The van der Waals surface area contributed by atoms with Crippen molar-refractivity contribution in [3.05, 3.63) is 69.7 Å². The number of rotatable bonds is 4. The molecule has 3 aliphatic rings. The molecule has 166 valence electrons. The Bertz CT molecular complexity index is 1220. The van der Waals surface area contributed by atoms with Gasteiger partial charge in [-0.1, -0.05) is 32.3 Å². The van der Waals surface area contributed by atoms with Crippen molar-refractivity contribution >= 4 is 30.6 Å². The fourth-order valence-electron chi connectivity index (χ4n) is 5.70. The number of benzene rings is 1. The Kier molecular flexibility index (Phi) is 5.58. The van der Waals surface area contributed by atoms with Gasteiger partial charge in [-0.15, -0.1) is 8.20 Å². The zero-order chi connectivity index (χ0) is 22.6. The molecule has 0 spiro atoms. The maximum absolute atomic E-state index is 14.7. The maximum atomic E-state index is 14.7. The second-order valence-corrected chi connectivity index (χ2v) is 10.9. The van der Waals surface area contributed by atoms with E-state index >= 15 is 0 Å². The molecule has 5 rings (SSSR count). The Balaban J connectivity index is 1.71. The Hall–Kier alpha value is -2.25. The zero-order valence-electron chi connectivity index (χ0n) is 19.6. The Morgan fingerprint density at radius 2 is 2.06 bits per heavy atom. The topological polar surface area (TPSA) is 16.1 Å². The van der Waals surface area contributed by atoms with Gasteiger partial charge >= 0.3 is 0 Å². The molecule has 0 radical (unpaired) electrons. The molecular formula is C28H32FN2P. The van der Waals surface area contributed by atoms with Crippen molar-refractivity contribution in [3.63, 3.8) is 0 Å². The van der Waals surface area contributed by atoms with Crippen LogP contribution in [0.2, 0.25) is 0 Å². The van der Waals surface area contributed by atoms with E-state index in [0.717, 1.165) is 55.2 Å². The van der Waals surface area contributed by atoms with Crippen molar-refractivity contribution in [2.24, 2.45) is 11.8 Å². The number of aromatic nitrogens is 1. The third-order valence-electron chi connectivity index (χ3n) is 7.30. The van der Waals surface area contributed by atoms with Gasteiger partial charge in [0.05, 0.1) is 16.9 Å². The summed E-state index contributed by atoms with van der Waals surface area (Å²) in [5, 5.41) is 1.22. The molecule has 0 saturated heterocycles. The predicted octanol–water partition coefficient (Wildman–Crippen LogP) is 6.86. The molecule has 2 nitrogen and oxygen atoms in total. The van der Waals surface area contributed by atoms with E-state index in [2.05, 4.69) is 44.2 Å². The lowest BCUT2D eigenvalue weighted by Gasteiger charge is -2.24. The molecule has 4 heteroatoms. The van der Waals surface area contributed by atoms with E-state index in [1.54, 1.807) is 6.07 Å². The Morgan fingerprint density at radius 1 is 1.28 bits per heavy atom. The summed E-state index contributed by atoms with van der Waals surface area (Å²) in [6, 6.07) is 1.66. The minimum Gasteiger partial charge on any atom is -0.368 e. The normalized spacial score (nSPS) is 21.8. The zero-order valence-corrected chi connectivity index (χ0v) is 20.5. The van der Waals surface area contributed by atoms with Gasteiger partial charge in [0.15, 0.2) is 0 Å². The monoisotopic (exact) mass is 446 g/mol. The molecule has 1 aliphatic carbocycles. The summed E-state index contributed by atoms with van der Waals surface area (Å²) in [6.45, 7) is 11.5. The number of nitrogens with zero attached hydrogens (tertiary/aromatic N) is 2. The van der Waals surface area contributed by atoms with Crippen LogP contribution < -0.4 is 0 Å². The third-order valence-corrected chi connectivity index (χ3v) is 8.39. The van der Waals surface area contributed by atoms with Crippen molar-refractivity contribution in [2.75, 3.05) is 13.2 Å². The van der Waals surface area contributed by atoms with Crippen LogP contribution in [0.15, 0.2) is 35.9 Å². The minimum atomic E-state index is -0.126. The van der Waals surface area contributed by atoms with E-state index in [1.165, 1.54) is 47.1 Å². The van der Waals surface area contributed by atoms with Crippen LogP contribution >= 0.6 is 8.20 Å². The quantitative estimate of drug-likeness (QED) is 0.477. The molecule has 32 heavy (non-hydrogen) atoms. The third kappa shape index (κ3) is 3.46. The maximum Gasteiger partial charge on any atom is 0.128 e. The fourth-order valence-corrected chi connectivity index (χ4v) is 6.85. The van der Waals surface area contributed by atoms with Crippen LogP contribution in [0.4, 0.5) is 4.39 Å². The van der Waals surface area contributed by atoms with Gasteiger partial charge in [0.1, 0.15) is 5.82 Å². The first-order valence-corrected chi connectivity index (χ1v) is 13.0. The molecular weight excluding hydrogens is 414 g/mol. The lowest BCUT2D eigenvalue weighted by molar-refractivity contribution is 0.496. The summed E-state index contributed by atoms with van der Waals surface area (Å²) >= 11 is 0. The average Bonchev–Trinajstić information content (AvgIpc) is 3.08. The van der Waals surface area contributed by atoms with Crippen molar-refractivity contribution in [2.45, 2.75) is 53.0 Å². The highest BCUT2D eigenvalue weighted by Crippen LogP contribution is 2.42. The summed E-state index contributed by atoms with van der Waals surface area (Å²) < 4.78 is 14.7.